The Bertz CT molecular complexity index is 1530. The number of hydrogen-bond donors (Lipinski definition) is 2. The van der Waals surface area contributed by atoms with Crippen LogP contribution in [0.4, 0.5) is 5.69 Å². The summed E-state index contributed by atoms with van der Waals surface area (Å²) < 4.78 is 1.15. The van der Waals surface area contributed by atoms with E-state index in [0.29, 0.717) is 11.2 Å². The number of nitrogens with one attached hydrogen (secondary N) is 2. The first-order valence-electron chi connectivity index (χ1n) is 11.7. The zero-order valence-corrected chi connectivity index (χ0v) is 21.1. The van der Waals surface area contributed by atoms with Gasteiger partial charge in [-0.2, -0.15) is 0 Å². The number of fused-ring (bicyclic) bond motifs is 2. The monoisotopic (exact) mass is 516 g/mol. The summed E-state index contributed by atoms with van der Waals surface area (Å²) >= 11 is 1.64. The highest BCUT2D eigenvalue weighted by Gasteiger charge is 2.16. The van der Waals surface area contributed by atoms with Gasteiger partial charge in [0.15, 0.2) is 0 Å². The van der Waals surface area contributed by atoms with Crippen molar-refractivity contribution in [3.05, 3.63) is 84.2 Å². The van der Waals surface area contributed by atoms with E-state index in [-0.39, 0.29) is 24.0 Å². The van der Waals surface area contributed by atoms with Gasteiger partial charge in [0.2, 0.25) is 0 Å². The second-order valence-corrected chi connectivity index (χ2v) is 9.62. The molecule has 5 aromatic rings. The molecule has 7 nitrogen and oxygen atoms in total. The van der Waals surface area contributed by atoms with Crippen molar-refractivity contribution in [1.82, 2.24) is 25.2 Å². The van der Waals surface area contributed by atoms with Gasteiger partial charge in [-0.3, -0.25) is 14.7 Å². The van der Waals surface area contributed by atoms with Crippen LogP contribution in [0, 0.1) is 0 Å². The molecular formula is C27H25ClN6OS. The predicted molar refractivity (Wildman–Crippen MR) is 148 cm³/mol. The number of halogens is 1. The molecule has 0 atom stereocenters. The standard InChI is InChI=1S/C27H24N6OS.ClH/c34-26(24-16-29-21-7-3-4-8-22(21)30-24)31-20-6-2-1-5-19(20)27-32-23-10-9-18(15-25(23)35-27)17-33-13-11-28-12-14-33;/h1-10,15-16,28H,11-14,17H2,(H,31,34);1H. The summed E-state index contributed by atoms with van der Waals surface area (Å²) in [6.45, 7) is 5.17. The van der Waals surface area contributed by atoms with Gasteiger partial charge in [0.1, 0.15) is 10.7 Å². The molecule has 3 aromatic carbocycles. The third kappa shape index (κ3) is 5.08. The number of carbonyl (C=O) groups is 1. The van der Waals surface area contributed by atoms with Crippen LogP contribution < -0.4 is 10.6 Å². The van der Waals surface area contributed by atoms with Gasteiger partial charge in [-0.05, 0) is 42.0 Å². The Kier molecular flexibility index (Phi) is 7.20. The normalized spacial score (nSPS) is 14.0. The number of aromatic nitrogens is 3. The maximum absolute atomic E-state index is 13.0. The van der Waals surface area contributed by atoms with Gasteiger partial charge in [0, 0.05) is 38.3 Å². The van der Waals surface area contributed by atoms with Gasteiger partial charge in [0.05, 0.1) is 33.1 Å². The fourth-order valence-electron chi connectivity index (χ4n) is 4.34. The number of anilines is 1. The first kappa shape index (κ1) is 24.3. The summed E-state index contributed by atoms with van der Waals surface area (Å²) in [7, 11) is 0. The highest BCUT2D eigenvalue weighted by atomic mass is 35.5. The van der Waals surface area contributed by atoms with Crippen molar-refractivity contribution >= 4 is 56.6 Å². The zero-order chi connectivity index (χ0) is 23.6. The Morgan fingerprint density at radius 3 is 2.58 bits per heavy atom. The molecule has 0 spiro atoms. The van der Waals surface area contributed by atoms with Crippen LogP contribution in [0.1, 0.15) is 16.1 Å². The molecule has 2 aromatic heterocycles. The first-order chi connectivity index (χ1) is 17.2. The number of carbonyl (C=O) groups excluding carboxylic acids is 1. The van der Waals surface area contributed by atoms with Gasteiger partial charge >= 0.3 is 0 Å². The maximum atomic E-state index is 13.0. The Morgan fingerprint density at radius 2 is 1.72 bits per heavy atom. The summed E-state index contributed by atoms with van der Waals surface area (Å²) in [4.78, 5) is 29.2. The average molecular weight is 517 g/mol. The summed E-state index contributed by atoms with van der Waals surface area (Å²) in [5.41, 5.74) is 5.58. The lowest BCUT2D eigenvalue weighted by Gasteiger charge is -2.27. The molecule has 0 unspecified atom stereocenters. The number of amides is 1. The fraction of sp³-hybridized carbons (Fsp3) is 0.185. The molecule has 0 aliphatic carbocycles. The van der Waals surface area contributed by atoms with E-state index in [0.717, 1.165) is 59.0 Å². The third-order valence-electron chi connectivity index (χ3n) is 6.16. The SMILES string of the molecule is Cl.O=C(Nc1ccccc1-c1nc2ccc(CN3CCNCC3)cc2s1)c1cnc2ccccc2n1. The molecule has 9 heteroatoms. The molecule has 1 fully saturated rings. The lowest BCUT2D eigenvalue weighted by atomic mass is 10.1. The Labute approximate surface area is 219 Å². The molecule has 3 heterocycles. The molecule has 2 N–H and O–H groups in total. The van der Waals surface area contributed by atoms with E-state index in [1.807, 2.05) is 48.5 Å². The van der Waals surface area contributed by atoms with Crippen molar-refractivity contribution in [2.45, 2.75) is 6.54 Å². The number of thiazole rings is 1. The van der Waals surface area contributed by atoms with Crippen LogP contribution in [-0.2, 0) is 6.54 Å². The zero-order valence-electron chi connectivity index (χ0n) is 19.5. The van der Waals surface area contributed by atoms with Crippen molar-refractivity contribution in [2.75, 3.05) is 31.5 Å². The minimum absolute atomic E-state index is 0. The molecule has 1 aliphatic heterocycles. The lowest BCUT2D eigenvalue weighted by Crippen LogP contribution is -2.42. The van der Waals surface area contributed by atoms with Gasteiger partial charge in [-0.25, -0.2) is 9.97 Å². The van der Waals surface area contributed by atoms with Gasteiger partial charge < -0.3 is 10.6 Å². The second kappa shape index (κ2) is 10.7. The van der Waals surface area contributed by atoms with Crippen molar-refractivity contribution in [2.24, 2.45) is 0 Å². The van der Waals surface area contributed by atoms with E-state index in [9.17, 15) is 4.79 Å². The number of piperazine rings is 1. The van der Waals surface area contributed by atoms with E-state index in [1.54, 1.807) is 11.3 Å². The van der Waals surface area contributed by atoms with Crippen molar-refractivity contribution in [1.29, 1.82) is 0 Å². The maximum Gasteiger partial charge on any atom is 0.275 e. The second-order valence-electron chi connectivity index (χ2n) is 8.59. The van der Waals surface area contributed by atoms with E-state index >= 15 is 0 Å². The molecule has 6 rings (SSSR count). The van der Waals surface area contributed by atoms with Crippen LogP contribution in [0.5, 0.6) is 0 Å². The van der Waals surface area contributed by atoms with E-state index in [1.165, 1.54) is 11.8 Å². The smallest absolute Gasteiger partial charge is 0.275 e. The number of para-hydroxylation sites is 3. The summed E-state index contributed by atoms with van der Waals surface area (Å²) in [6.07, 6.45) is 1.51. The number of nitrogens with zero attached hydrogens (tertiary/aromatic N) is 4. The molecule has 0 radical (unpaired) electrons. The van der Waals surface area contributed by atoms with Crippen LogP contribution in [-0.4, -0.2) is 51.9 Å². The van der Waals surface area contributed by atoms with Crippen LogP contribution in [0.3, 0.4) is 0 Å². The molecule has 1 aliphatic rings. The molecule has 1 amide bonds. The quantitative estimate of drug-likeness (QED) is 0.342. The number of benzene rings is 3. The topological polar surface area (TPSA) is 83.0 Å². The Hall–Kier alpha value is -3.43. The molecule has 182 valence electrons. The summed E-state index contributed by atoms with van der Waals surface area (Å²) in [5, 5.41) is 7.29. The minimum atomic E-state index is -0.296. The molecule has 1 saturated heterocycles. The van der Waals surface area contributed by atoms with Crippen LogP contribution in [0.25, 0.3) is 31.8 Å². The van der Waals surface area contributed by atoms with Crippen LogP contribution in [0.15, 0.2) is 72.9 Å². The Balaban J connectivity index is 0.00000267. The van der Waals surface area contributed by atoms with Gasteiger partial charge in [0.25, 0.3) is 5.91 Å². The predicted octanol–water partition coefficient (Wildman–Crippen LogP) is 4.99. The summed E-state index contributed by atoms with van der Waals surface area (Å²) in [6, 6.07) is 21.8. The van der Waals surface area contributed by atoms with Crippen molar-refractivity contribution < 1.29 is 4.79 Å². The highest BCUT2D eigenvalue weighted by Crippen LogP contribution is 2.35. The van der Waals surface area contributed by atoms with Crippen LogP contribution in [0.2, 0.25) is 0 Å². The van der Waals surface area contributed by atoms with Crippen molar-refractivity contribution in [3.8, 4) is 10.6 Å². The first-order valence-corrected chi connectivity index (χ1v) is 12.5. The Morgan fingerprint density at radius 1 is 0.944 bits per heavy atom. The molecular weight excluding hydrogens is 492 g/mol. The van der Waals surface area contributed by atoms with E-state index < -0.39 is 0 Å². The van der Waals surface area contributed by atoms with Gasteiger partial charge in [-0.1, -0.05) is 30.3 Å². The number of rotatable bonds is 5. The summed E-state index contributed by atoms with van der Waals surface area (Å²) in [5.74, 6) is -0.296. The third-order valence-corrected chi connectivity index (χ3v) is 7.21. The molecule has 0 saturated carbocycles. The fourth-order valence-corrected chi connectivity index (χ4v) is 5.41. The molecule has 0 bridgehead atoms. The largest absolute Gasteiger partial charge is 0.320 e. The number of hydrogen-bond acceptors (Lipinski definition) is 7. The van der Waals surface area contributed by atoms with E-state index in [2.05, 4.69) is 43.7 Å². The van der Waals surface area contributed by atoms with E-state index in [4.69, 9.17) is 4.98 Å². The average Bonchev–Trinajstić information content (AvgIpc) is 3.32. The lowest BCUT2D eigenvalue weighted by molar-refractivity contribution is 0.102. The molecule has 36 heavy (non-hydrogen) atoms. The minimum Gasteiger partial charge on any atom is -0.320 e. The van der Waals surface area contributed by atoms with Gasteiger partial charge in [-0.15, -0.1) is 23.7 Å². The van der Waals surface area contributed by atoms with Crippen molar-refractivity contribution in [3.63, 3.8) is 0 Å². The van der Waals surface area contributed by atoms with Crippen LogP contribution >= 0.6 is 23.7 Å². The highest BCUT2D eigenvalue weighted by molar-refractivity contribution is 7.21.